The summed E-state index contributed by atoms with van der Waals surface area (Å²) in [4.78, 5) is 18.8. The lowest BCUT2D eigenvalue weighted by atomic mass is 9.99. The maximum absolute atomic E-state index is 13.5. The van der Waals surface area contributed by atoms with Gasteiger partial charge in [0.25, 0.3) is 5.91 Å². The predicted octanol–water partition coefficient (Wildman–Crippen LogP) is 0.903. The van der Waals surface area contributed by atoms with Crippen LogP contribution in [0.15, 0.2) is 52.4 Å². The molecule has 1 atom stereocenters. The van der Waals surface area contributed by atoms with Crippen LogP contribution in [0.2, 0.25) is 0 Å². The number of amides is 1. The van der Waals surface area contributed by atoms with Crippen LogP contribution in [0.25, 0.3) is 0 Å². The number of hydrogen-bond donors (Lipinski definition) is 3. The summed E-state index contributed by atoms with van der Waals surface area (Å²) >= 11 is 0. The van der Waals surface area contributed by atoms with Gasteiger partial charge in [0, 0.05) is 43.0 Å². The third-order valence-corrected chi connectivity index (χ3v) is 7.54. The van der Waals surface area contributed by atoms with E-state index in [-0.39, 0.29) is 17.0 Å². The van der Waals surface area contributed by atoms with E-state index in [1.165, 1.54) is 22.5 Å². The van der Waals surface area contributed by atoms with Crippen LogP contribution in [0.1, 0.15) is 22.1 Å². The Balaban J connectivity index is 1.26. The Morgan fingerprint density at radius 1 is 1.10 bits per heavy atom. The second kappa shape index (κ2) is 7.68. The summed E-state index contributed by atoms with van der Waals surface area (Å²) in [5, 5.41) is 3.29. The molecule has 3 aliphatic heterocycles. The molecule has 3 heterocycles. The van der Waals surface area contributed by atoms with E-state index in [0.29, 0.717) is 38.3 Å². The standard InChI is InChI=1S/C20H21FN6O3S/c21-13-3-1-4-14(11-13)31(29,30)27-9-7-26(8-10-27)12-17-22-16-6-2-5-15-18(16)19(23-17)24-25-20(15)28/h1-6,11,19,24H,7-10,12H2,(H,22,23)(H,25,28). The zero-order chi connectivity index (χ0) is 21.6. The van der Waals surface area contributed by atoms with Crippen molar-refractivity contribution in [3.8, 4) is 0 Å². The van der Waals surface area contributed by atoms with Gasteiger partial charge < -0.3 is 5.32 Å². The molecule has 0 aromatic heterocycles. The molecule has 1 unspecified atom stereocenters. The molecule has 0 spiro atoms. The van der Waals surface area contributed by atoms with Gasteiger partial charge in [-0.25, -0.2) is 23.2 Å². The van der Waals surface area contributed by atoms with E-state index in [1.807, 2.05) is 12.1 Å². The van der Waals surface area contributed by atoms with Crippen molar-refractivity contribution >= 4 is 27.5 Å². The molecule has 0 radical (unpaired) electrons. The van der Waals surface area contributed by atoms with E-state index in [4.69, 9.17) is 0 Å². The number of halogens is 1. The lowest BCUT2D eigenvalue weighted by Gasteiger charge is -2.36. The smallest absolute Gasteiger partial charge is 0.265 e. The highest BCUT2D eigenvalue weighted by Crippen LogP contribution is 2.33. The normalized spacial score (nSPS) is 21.6. The van der Waals surface area contributed by atoms with Crippen molar-refractivity contribution in [3.63, 3.8) is 0 Å². The molecule has 0 bridgehead atoms. The topological polar surface area (TPSA) is 106 Å². The lowest BCUT2D eigenvalue weighted by Crippen LogP contribution is -2.51. The van der Waals surface area contributed by atoms with Crippen LogP contribution in [0.3, 0.4) is 0 Å². The summed E-state index contributed by atoms with van der Waals surface area (Å²) < 4.78 is 40.4. The quantitative estimate of drug-likeness (QED) is 0.647. The number of piperazine rings is 1. The number of rotatable bonds is 4. The van der Waals surface area contributed by atoms with Gasteiger partial charge in [-0.2, -0.15) is 4.31 Å². The molecule has 1 saturated heterocycles. The number of hydrogen-bond acceptors (Lipinski definition) is 7. The fourth-order valence-electron chi connectivity index (χ4n) is 4.08. The van der Waals surface area contributed by atoms with Crippen molar-refractivity contribution < 1.29 is 17.6 Å². The lowest BCUT2D eigenvalue weighted by molar-refractivity contribution is 0.0908. The number of nitrogens with one attached hydrogen (secondary N) is 3. The van der Waals surface area contributed by atoms with Gasteiger partial charge in [0.15, 0.2) is 0 Å². The number of aliphatic imine (C=N–C) groups is 1. The molecular formula is C20H21FN6O3S. The van der Waals surface area contributed by atoms with E-state index in [1.54, 1.807) is 6.07 Å². The largest absolute Gasteiger partial charge is 0.343 e. The zero-order valence-electron chi connectivity index (χ0n) is 16.5. The molecular weight excluding hydrogens is 423 g/mol. The van der Waals surface area contributed by atoms with Gasteiger partial charge in [0.2, 0.25) is 10.0 Å². The number of carbonyl (C=O) groups excluding carboxylic acids is 1. The highest BCUT2D eigenvalue weighted by molar-refractivity contribution is 7.89. The molecule has 0 saturated carbocycles. The number of carbonyl (C=O) groups is 1. The number of amidine groups is 1. The first-order valence-electron chi connectivity index (χ1n) is 9.92. The van der Waals surface area contributed by atoms with Crippen LogP contribution in [-0.2, 0) is 10.0 Å². The van der Waals surface area contributed by atoms with Gasteiger partial charge in [-0.3, -0.25) is 15.1 Å². The SMILES string of the molecule is O=C1NNC2N=C(CN3CCN(S(=O)(=O)c4cccc(F)c4)CC3)Nc3cccc1c32. The van der Waals surface area contributed by atoms with Gasteiger partial charge in [-0.05, 0) is 30.3 Å². The third-order valence-electron chi connectivity index (χ3n) is 5.65. The van der Waals surface area contributed by atoms with Crippen molar-refractivity contribution in [1.82, 2.24) is 20.1 Å². The number of nitrogens with zero attached hydrogens (tertiary/aromatic N) is 3. The molecule has 9 nitrogen and oxygen atoms in total. The third kappa shape index (κ3) is 3.69. The first-order valence-corrected chi connectivity index (χ1v) is 11.4. The van der Waals surface area contributed by atoms with E-state index in [0.717, 1.165) is 23.2 Å². The van der Waals surface area contributed by atoms with Gasteiger partial charge >= 0.3 is 0 Å². The van der Waals surface area contributed by atoms with E-state index in [9.17, 15) is 17.6 Å². The summed E-state index contributed by atoms with van der Waals surface area (Å²) in [6.07, 6.45) is -0.366. The highest BCUT2D eigenvalue weighted by atomic mass is 32.2. The molecule has 0 aliphatic carbocycles. The molecule has 31 heavy (non-hydrogen) atoms. The van der Waals surface area contributed by atoms with Gasteiger partial charge in [0.1, 0.15) is 17.8 Å². The molecule has 1 fully saturated rings. The number of sulfonamides is 1. The van der Waals surface area contributed by atoms with Crippen molar-refractivity contribution in [3.05, 3.63) is 59.4 Å². The van der Waals surface area contributed by atoms with E-state index < -0.39 is 15.8 Å². The Kier molecular flexibility index (Phi) is 4.97. The highest BCUT2D eigenvalue weighted by Gasteiger charge is 2.33. The number of benzene rings is 2. The first-order chi connectivity index (χ1) is 14.9. The summed E-state index contributed by atoms with van der Waals surface area (Å²) in [5.74, 6) is -0.0269. The second-order valence-electron chi connectivity index (χ2n) is 7.61. The summed E-state index contributed by atoms with van der Waals surface area (Å²) in [6, 6.07) is 10.6. The minimum Gasteiger partial charge on any atom is -0.343 e. The summed E-state index contributed by atoms with van der Waals surface area (Å²) in [5.41, 5.74) is 7.80. The van der Waals surface area contributed by atoms with Crippen LogP contribution in [-0.4, -0.2) is 62.1 Å². The van der Waals surface area contributed by atoms with Crippen molar-refractivity contribution in [2.75, 3.05) is 38.0 Å². The predicted molar refractivity (Wildman–Crippen MR) is 112 cm³/mol. The van der Waals surface area contributed by atoms with Crippen LogP contribution >= 0.6 is 0 Å². The Bertz CT molecular complexity index is 1180. The molecule has 2 aromatic rings. The molecule has 3 N–H and O–H groups in total. The van der Waals surface area contributed by atoms with Crippen molar-refractivity contribution in [2.24, 2.45) is 4.99 Å². The number of anilines is 1. The fraction of sp³-hybridized carbons (Fsp3) is 0.300. The number of hydrazine groups is 1. The van der Waals surface area contributed by atoms with Crippen LogP contribution < -0.4 is 16.2 Å². The molecule has 2 aromatic carbocycles. The molecule has 1 amide bonds. The first kappa shape index (κ1) is 20.1. The Labute approximate surface area is 179 Å². The zero-order valence-corrected chi connectivity index (χ0v) is 17.3. The van der Waals surface area contributed by atoms with Crippen LogP contribution in [0.5, 0.6) is 0 Å². The minimum absolute atomic E-state index is 0.0305. The molecule has 5 rings (SSSR count). The molecule has 162 valence electrons. The molecule has 11 heteroatoms. The van der Waals surface area contributed by atoms with E-state index in [2.05, 4.69) is 26.1 Å². The Morgan fingerprint density at radius 3 is 2.65 bits per heavy atom. The fourth-order valence-corrected chi connectivity index (χ4v) is 5.53. The molecule has 3 aliphatic rings. The maximum atomic E-state index is 13.5. The summed E-state index contributed by atoms with van der Waals surface area (Å²) in [7, 11) is -3.73. The van der Waals surface area contributed by atoms with Crippen molar-refractivity contribution in [2.45, 2.75) is 11.1 Å². The van der Waals surface area contributed by atoms with Crippen molar-refractivity contribution in [1.29, 1.82) is 0 Å². The van der Waals surface area contributed by atoms with E-state index >= 15 is 0 Å². The van der Waals surface area contributed by atoms with Gasteiger partial charge in [-0.1, -0.05) is 12.1 Å². The Hall–Kier alpha value is -2.86. The average molecular weight is 444 g/mol. The average Bonchev–Trinajstić information content (AvgIpc) is 2.76. The summed E-state index contributed by atoms with van der Waals surface area (Å²) in [6.45, 7) is 2.19. The monoisotopic (exact) mass is 444 g/mol. The minimum atomic E-state index is -3.73. The maximum Gasteiger partial charge on any atom is 0.265 e. The van der Waals surface area contributed by atoms with Gasteiger partial charge in [-0.15, -0.1) is 0 Å². The van der Waals surface area contributed by atoms with Gasteiger partial charge in [0.05, 0.1) is 11.4 Å². The Morgan fingerprint density at radius 2 is 1.87 bits per heavy atom. The van der Waals surface area contributed by atoms with Crippen LogP contribution in [0.4, 0.5) is 10.1 Å². The van der Waals surface area contributed by atoms with Crippen LogP contribution in [0, 0.1) is 5.82 Å². The second-order valence-corrected chi connectivity index (χ2v) is 9.54.